The van der Waals surface area contributed by atoms with Gasteiger partial charge in [-0.2, -0.15) is 0 Å². The second kappa shape index (κ2) is 8.00. The zero-order chi connectivity index (χ0) is 16.4. The Morgan fingerprint density at radius 2 is 1.64 bits per heavy atom. The summed E-state index contributed by atoms with van der Waals surface area (Å²) in [6.45, 7) is 4.89. The Hall–Kier alpha value is -1.88. The van der Waals surface area contributed by atoms with Crippen LogP contribution in [0.15, 0.2) is 54.7 Å². The molecule has 1 aliphatic heterocycles. The highest BCUT2D eigenvalue weighted by Gasteiger charge is 2.19. The van der Waals surface area contributed by atoms with E-state index in [-0.39, 0.29) is 12.4 Å². The van der Waals surface area contributed by atoms with Crippen LogP contribution in [-0.2, 0) is 6.54 Å². The topological polar surface area (TPSA) is 32.3 Å². The number of anilines is 1. The first-order valence-corrected chi connectivity index (χ1v) is 8.59. The summed E-state index contributed by atoms with van der Waals surface area (Å²) in [5, 5.41) is 1.87. The van der Waals surface area contributed by atoms with Gasteiger partial charge in [0, 0.05) is 49.3 Å². The molecule has 2 aromatic carbocycles. The number of para-hydroxylation sites is 1. The summed E-state index contributed by atoms with van der Waals surface area (Å²) in [7, 11) is 0. The van der Waals surface area contributed by atoms with E-state index in [0.29, 0.717) is 0 Å². The number of aromatic nitrogens is 2. The maximum Gasteiger partial charge on any atom is 0.225 e. The number of hydrogen-bond donors (Lipinski definition) is 0. The fraction of sp³-hybridized carbons (Fsp3) is 0.263. The number of halogens is 2. The first-order valence-electron chi connectivity index (χ1n) is 8.21. The van der Waals surface area contributed by atoms with Crippen LogP contribution >= 0.6 is 24.0 Å². The van der Waals surface area contributed by atoms with Crippen molar-refractivity contribution in [2.75, 3.05) is 31.1 Å². The van der Waals surface area contributed by atoms with Gasteiger partial charge in [-0.15, -0.1) is 12.4 Å². The zero-order valence-electron chi connectivity index (χ0n) is 13.8. The van der Waals surface area contributed by atoms with Gasteiger partial charge in [0.15, 0.2) is 0 Å². The normalized spacial score (nSPS) is 15.2. The lowest BCUT2D eigenvalue weighted by atomic mass is 10.2. The van der Waals surface area contributed by atoms with Crippen molar-refractivity contribution in [1.82, 2.24) is 14.9 Å². The standard InChI is InChI=1S/C19H19ClN4.ClH/c20-17-7-5-15(6-8-17)14-23-9-11-24(12-10-23)19-21-13-16-3-1-2-4-18(16)22-19;/h1-8,13H,9-12,14H2;1H. The van der Waals surface area contributed by atoms with Gasteiger partial charge in [-0.25, -0.2) is 9.97 Å². The molecule has 0 aliphatic carbocycles. The summed E-state index contributed by atoms with van der Waals surface area (Å²) in [4.78, 5) is 14.0. The first-order chi connectivity index (χ1) is 11.8. The molecule has 6 heteroatoms. The summed E-state index contributed by atoms with van der Waals surface area (Å²) in [5.74, 6) is 0.833. The predicted octanol–water partition coefficient (Wildman–Crippen LogP) is 4.03. The van der Waals surface area contributed by atoms with Crippen LogP contribution < -0.4 is 4.90 Å². The van der Waals surface area contributed by atoms with Crippen LogP contribution in [0.2, 0.25) is 5.02 Å². The van der Waals surface area contributed by atoms with Gasteiger partial charge >= 0.3 is 0 Å². The average molecular weight is 375 g/mol. The molecule has 1 aromatic heterocycles. The minimum Gasteiger partial charge on any atom is -0.338 e. The molecule has 3 aromatic rings. The largest absolute Gasteiger partial charge is 0.338 e. The third-order valence-electron chi connectivity index (χ3n) is 4.45. The van der Waals surface area contributed by atoms with Crippen LogP contribution in [0.25, 0.3) is 10.9 Å². The van der Waals surface area contributed by atoms with E-state index in [4.69, 9.17) is 16.6 Å². The van der Waals surface area contributed by atoms with E-state index >= 15 is 0 Å². The van der Waals surface area contributed by atoms with Gasteiger partial charge in [-0.05, 0) is 23.8 Å². The predicted molar refractivity (Wildman–Crippen MR) is 106 cm³/mol. The van der Waals surface area contributed by atoms with Gasteiger partial charge in [0.2, 0.25) is 5.95 Å². The summed E-state index contributed by atoms with van der Waals surface area (Å²) in [5.41, 5.74) is 2.31. The van der Waals surface area contributed by atoms with Crippen molar-refractivity contribution in [3.63, 3.8) is 0 Å². The van der Waals surface area contributed by atoms with E-state index in [9.17, 15) is 0 Å². The second-order valence-corrected chi connectivity index (χ2v) is 6.55. The minimum absolute atomic E-state index is 0. The molecule has 0 amide bonds. The summed E-state index contributed by atoms with van der Waals surface area (Å²) in [6, 6.07) is 16.2. The Balaban J connectivity index is 0.00000182. The quantitative estimate of drug-likeness (QED) is 0.692. The lowest BCUT2D eigenvalue weighted by molar-refractivity contribution is 0.249. The Morgan fingerprint density at radius 3 is 2.40 bits per heavy atom. The highest BCUT2D eigenvalue weighted by Crippen LogP contribution is 2.17. The molecule has 1 aliphatic rings. The van der Waals surface area contributed by atoms with Crippen LogP contribution in [-0.4, -0.2) is 41.0 Å². The van der Waals surface area contributed by atoms with Crippen LogP contribution in [0, 0.1) is 0 Å². The number of benzene rings is 2. The van der Waals surface area contributed by atoms with E-state index in [1.807, 2.05) is 42.6 Å². The molecule has 0 radical (unpaired) electrons. The third-order valence-corrected chi connectivity index (χ3v) is 4.70. The molecule has 0 spiro atoms. The number of hydrogen-bond acceptors (Lipinski definition) is 4. The molecule has 0 bridgehead atoms. The third kappa shape index (κ3) is 4.21. The van der Waals surface area contributed by atoms with Crippen LogP contribution in [0.5, 0.6) is 0 Å². The maximum atomic E-state index is 5.95. The van der Waals surface area contributed by atoms with Crippen LogP contribution in [0.4, 0.5) is 5.95 Å². The Labute approximate surface area is 158 Å². The van der Waals surface area contributed by atoms with E-state index < -0.39 is 0 Å². The number of piperazine rings is 1. The Morgan fingerprint density at radius 1 is 0.920 bits per heavy atom. The van der Waals surface area contributed by atoms with Crippen molar-refractivity contribution in [2.45, 2.75) is 6.54 Å². The van der Waals surface area contributed by atoms with Gasteiger partial charge in [-0.3, -0.25) is 4.90 Å². The fourth-order valence-corrected chi connectivity index (χ4v) is 3.19. The van der Waals surface area contributed by atoms with E-state index in [2.05, 4.69) is 26.9 Å². The number of fused-ring (bicyclic) bond motifs is 1. The molecule has 4 rings (SSSR count). The maximum absolute atomic E-state index is 5.95. The van der Waals surface area contributed by atoms with Gasteiger partial charge in [0.1, 0.15) is 0 Å². The highest BCUT2D eigenvalue weighted by molar-refractivity contribution is 6.30. The van der Waals surface area contributed by atoms with Crippen LogP contribution in [0.3, 0.4) is 0 Å². The minimum atomic E-state index is 0. The summed E-state index contributed by atoms with van der Waals surface area (Å²) in [6.07, 6.45) is 1.91. The van der Waals surface area contributed by atoms with Gasteiger partial charge < -0.3 is 4.90 Å². The number of rotatable bonds is 3. The summed E-state index contributed by atoms with van der Waals surface area (Å²) < 4.78 is 0. The molecule has 4 nitrogen and oxygen atoms in total. The molecule has 0 N–H and O–H groups in total. The molecule has 1 saturated heterocycles. The molecule has 2 heterocycles. The SMILES string of the molecule is Cl.Clc1ccc(CN2CCN(c3ncc4ccccc4n3)CC2)cc1. The zero-order valence-corrected chi connectivity index (χ0v) is 15.4. The number of nitrogens with zero attached hydrogens (tertiary/aromatic N) is 4. The van der Waals surface area contributed by atoms with E-state index in [1.54, 1.807) is 0 Å². The lowest BCUT2D eigenvalue weighted by Crippen LogP contribution is -2.46. The van der Waals surface area contributed by atoms with Crippen molar-refractivity contribution in [3.8, 4) is 0 Å². The van der Waals surface area contributed by atoms with Gasteiger partial charge in [0.05, 0.1) is 5.52 Å². The van der Waals surface area contributed by atoms with Crippen LogP contribution in [0.1, 0.15) is 5.56 Å². The van der Waals surface area contributed by atoms with Crippen molar-refractivity contribution < 1.29 is 0 Å². The van der Waals surface area contributed by atoms with E-state index in [0.717, 1.165) is 54.6 Å². The van der Waals surface area contributed by atoms with Crippen molar-refractivity contribution >= 4 is 40.9 Å². The van der Waals surface area contributed by atoms with Gasteiger partial charge in [-0.1, -0.05) is 41.9 Å². The molecule has 0 saturated carbocycles. The molecule has 1 fully saturated rings. The molecule has 130 valence electrons. The second-order valence-electron chi connectivity index (χ2n) is 6.12. The van der Waals surface area contributed by atoms with Gasteiger partial charge in [0.25, 0.3) is 0 Å². The molecular weight excluding hydrogens is 355 g/mol. The molecule has 0 atom stereocenters. The fourth-order valence-electron chi connectivity index (χ4n) is 3.07. The lowest BCUT2D eigenvalue weighted by Gasteiger charge is -2.34. The monoisotopic (exact) mass is 374 g/mol. The summed E-state index contributed by atoms with van der Waals surface area (Å²) >= 11 is 5.95. The highest BCUT2D eigenvalue weighted by atomic mass is 35.5. The molecular formula is C19H20Cl2N4. The molecule has 0 unspecified atom stereocenters. The Kier molecular flexibility index (Phi) is 5.74. The smallest absolute Gasteiger partial charge is 0.225 e. The molecule has 25 heavy (non-hydrogen) atoms. The van der Waals surface area contributed by atoms with Crippen molar-refractivity contribution in [1.29, 1.82) is 0 Å². The van der Waals surface area contributed by atoms with Crippen molar-refractivity contribution in [2.24, 2.45) is 0 Å². The first kappa shape index (κ1) is 17.9. The van der Waals surface area contributed by atoms with Crippen molar-refractivity contribution in [3.05, 3.63) is 65.3 Å². The average Bonchev–Trinajstić information content (AvgIpc) is 2.64. The van der Waals surface area contributed by atoms with E-state index in [1.165, 1.54) is 5.56 Å². The Bertz CT molecular complexity index is 830.